The van der Waals surface area contributed by atoms with Crippen molar-refractivity contribution >= 4 is 54.2 Å². The molecule has 39 heavy (non-hydrogen) atoms. The minimum Gasteiger partial charge on any atom is -0.503 e. The Bertz CT molecular complexity index is 1430. The summed E-state index contributed by atoms with van der Waals surface area (Å²) in [6.07, 6.45) is 0.477. The van der Waals surface area contributed by atoms with Crippen LogP contribution in [0.15, 0.2) is 24.3 Å². The largest absolute Gasteiger partial charge is 0.647 e. The molecule has 0 bridgehead atoms. The fraction of sp³-hybridized carbons (Fsp3) is 0.379. The van der Waals surface area contributed by atoms with Crippen LogP contribution in [-0.4, -0.2) is 5.11 Å². The van der Waals surface area contributed by atoms with Crippen molar-refractivity contribution in [1.82, 2.24) is 0 Å². The van der Waals surface area contributed by atoms with Crippen LogP contribution in [0.25, 0.3) is 0 Å². The summed E-state index contributed by atoms with van der Waals surface area (Å²) in [6, 6.07) is 7.99. The Morgan fingerprint density at radius 3 is 1.56 bits per heavy atom. The predicted octanol–water partition coefficient (Wildman–Crippen LogP) is 10.8. The van der Waals surface area contributed by atoms with Gasteiger partial charge in [0, 0.05) is 17.5 Å². The number of hydrogen-bond acceptors (Lipinski definition) is 5. The summed E-state index contributed by atoms with van der Waals surface area (Å²) in [5.41, 5.74) is 4.59. The van der Waals surface area contributed by atoms with Gasteiger partial charge in [0.1, 0.15) is 21.5 Å². The Balaban J connectivity index is 2.05. The SMILES string of the molecule is Cc1cc2c(c(C(C)(C)C)c1)OP(=O)(Oc1c(O)c(Cl)c(Cl)c(Cl)c1Cl)Oc1c(cc(C)cc1C(C)(C)C)C2. The van der Waals surface area contributed by atoms with Crippen LogP contribution in [0.5, 0.6) is 23.0 Å². The van der Waals surface area contributed by atoms with E-state index in [9.17, 15) is 9.67 Å². The van der Waals surface area contributed by atoms with Gasteiger partial charge >= 0.3 is 7.82 Å². The second kappa shape index (κ2) is 10.3. The van der Waals surface area contributed by atoms with Crippen molar-refractivity contribution in [3.05, 3.63) is 77.7 Å². The zero-order valence-electron chi connectivity index (χ0n) is 23.1. The van der Waals surface area contributed by atoms with Crippen LogP contribution in [0, 0.1) is 13.8 Å². The van der Waals surface area contributed by atoms with E-state index in [4.69, 9.17) is 60.0 Å². The Hall–Kier alpha value is -1.75. The highest BCUT2D eigenvalue weighted by molar-refractivity contribution is 7.49. The van der Waals surface area contributed by atoms with Crippen molar-refractivity contribution < 1.29 is 23.2 Å². The predicted molar refractivity (Wildman–Crippen MR) is 160 cm³/mol. The van der Waals surface area contributed by atoms with Crippen molar-refractivity contribution in [3.63, 3.8) is 0 Å². The maximum Gasteiger partial charge on any atom is 0.647 e. The Morgan fingerprint density at radius 1 is 0.744 bits per heavy atom. The standard InChI is InChI=1S/C29H31Cl4O5P/c1-14-9-16-13-17-10-15(2)12-19(29(6,7)8)26(17)37-39(35,36-25(16)18(11-14)28(3,4)5)38-27-23(33)21(31)20(30)22(32)24(27)34/h9-12,34H,13H2,1-8H3. The van der Waals surface area contributed by atoms with Gasteiger partial charge < -0.3 is 18.7 Å². The molecule has 3 aromatic carbocycles. The summed E-state index contributed by atoms with van der Waals surface area (Å²) in [5.74, 6) is -0.344. The van der Waals surface area contributed by atoms with Crippen LogP contribution in [0.3, 0.4) is 0 Å². The van der Waals surface area contributed by atoms with Crippen molar-refractivity contribution in [2.24, 2.45) is 0 Å². The average molecular weight is 632 g/mol. The van der Waals surface area contributed by atoms with Gasteiger partial charge in [0.25, 0.3) is 0 Å². The highest BCUT2D eigenvalue weighted by Gasteiger charge is 2.42. The summed E-state index contributed by atoms with van der Waals surface area (Å²) in [5, 5.41) is 9.83. The van der Waals surface area contributed by atoms with Gasteiger partial charge in [0.05, 0.1) is 10.0 Å². The zero-order valence-corrected chi connectivity index (χ0v) is 27.0. The second-order valence-corrected chi connectivity index (χ2v) is 14.9. The van der Waals surface area contributed by atoms with Gasteiger partial charge in [-0.2, -0.15) is 4.57 Å². The van der Waals surface area contributed by atoms with Gasteiger partial charge in [-0.25, -0.2) is 0 Å². The van der Waals surface area contributed by atoms with E-state index in [1.807, 2.05) is 79.7 Å². The summed E-state index contributed by atoms with van der Waals surface area (Å²) < 4.78 is 33.0. The number of fused-ring (bicyclic) bond motifs is 2. The molecule has 0 saturated carbocycles. The molecule has 0 aliphatic carbocycles. The Labute approximate surface area is 249 Å². The van der Waals surface area contributed by atoms with Gasteiger partial charge in [0.2, 0.25) is 0 Å². The number of phosphoric ester groups is 1. The van der Waals surface area contributed by atoms with E-state index < -0.39 is 19.3 Å². The molecule has 1 aliphatic rings. The number of hydrogen-bond donors (Lipinski definition) is 1. The summed E-state index contributed by atoms with van der Waals surface area (Å²) >= 11 is 24.9. The number of aromatic hydroxyl groups is 1. The molecular formula is C29H31Cl4O5P. The van der Waals surface area contributed by atoms with Crippen LogP contribution >= 0.6 is 54.2 Å². The average Bonchev–Trinajstić information content (AvgIpc) is 2.80. The van der Waals surface area contributed by atoms with Crippen LogP contribution in [0.4, 0.5) is 0 Å². The number of phosphoric acid groups is 1. The number of aryl methyl sites for hydroxylation is 2. The molecule has 0 amide bonds. The lowest BCUT2D eigenvalue weighted by Crippen LogP contribution is -2.21. The second-order valence-electron chi connectivity index (χ2n) is 11.9. The van der Waals surface area contributed by atoms with E-state index in [0.717, 1.165) is 33.4 Å². The Kier molecular flexibility index (Phi) is 7.95. The highest BCUT2D eigenvalue weighted by atomic mass is 35.5. The number of rotatable bonds is 2. The molecule has 3 aromatic rings. The molecule has 10 heteroatoms. The molecule has 1 N–H and O–H groups in total. The van der Waals surface area contributed by atoms with E-state index in [-0.39, 0.29) is 30.9 Å². The minimum absolute atomic E-state index is 0.169. The van der Waals surface area contributed by atoms with Crippen LogP contribution in [-0.2, 0) is 21.8 Å². The topological polar surface area (TPSA) is 65.0 Å². The molecule has 1 aliphatic heterocycles. The molecule has 0 radical (unpaired) electrons. The number of halogens is 4. The quantitative estimate of drug-likeness (QED) is 0.173. The molecule has 0 unspecified atom stereocenters. The van der Waals surface area contributed by atoms with Crippen molar-refractivity contribution in [2.45, 2.75) is 72.6 Å². The molecule has 0 aromatic heterocycles. The Morgan fingerprint density at radius 2 is 1.15 bits per heavy atom. The lowest BCUT2D eigenvalue weighted by Gasteiger charge is -2.32. The molecule has 4 rings (SSSR count). The molecule has 0 atom stereocenters. The molecule has 5 nitrogen and oxygen atoms in total. The normalized spacial score (nSPS) is 14.9. The minimum atomic E-state index is -4.61. The first-order valence-electron chi connectivity index (χ1n) is 12.3. The molecule has 0 saturated heterocycles. The maximum absolute atomic E-state index is 14.7. The number of benzene rings is 3. The molecule has 210 valence electrons. The molecular weight excluding hydrogens is 601 g/mol. The van der Waals surface area contributed by atoms with Crippen molar-refractivity contribution in [1.29, 1.82) is 0 Å². The van der Waals surface area contributed by atoms with Gasteiger partial charge in [-0.15, -0.1) is 0 Å². The molecule has 0 fully saturated rings. The molecule has 0 spiro atoms. The monoisotopic (exact) mass is 630 g/mol. The van der Waals surface area contributed by atoms with Crippen LogP contribution < -0.4 is 13.6 Å². The lowest BCUT2D eigenvalue weighted by atomic mass is 9.81. The highest BCUT2D eigenvalue weighted by Crippen LogP contribution is 2.60. The van der Waals surface area contributed by atoms with Gasteiger partial charge in [0.15, 0.2) is 11.5 Å². The third-order valence-corrected chi connectivity index (χ3v) is 9.42. The van der Waals surface area contributed by atoms with Crippen molar-refractivity contribution in [2.75, 3.05) is 0 Å². The van der Waals surface area contributed by atoms with Gasteiger partial charge in [-0.1, -0.05) is 123 Å². The maximum atomic E-state index is 14.7. The fourth-order valence-electron chi connectivity index (χ4n) is 4.57. The van der Waals surface area contributed by atoms with Crippen LogP contribution in [0.1, 0.15) is 74.9 Å². The fourth-order valence-corrected chi connectivity index (χ4v) is 6.88. The summed E-state index contributed by atoms with van der Waals surface area (Å²) in [7, 11) is -4.61. The number of phenolic OH excluding ortho intramolecular Hbond substituents is 1. The third kappa shape index (κ3) is 5.85. The van der Waals surface area contributed by atoms with E-state index >= 15 is 0 Å². The summed E-state index contributed by atoms with van der Waals surface area (Å²) in [4.78, 5) is 0. The van der Waals surface area contributed by atoms with Gasteiger partial charge in [-0.3, -0.25) is 0 Å². The van der Waals surface area contributed by atoms with Crippen LogP contribution in [0.2, 0.25) is 20.1 Å². The summed E-state index contributed by atoms with van der Waals surface area (Å²) in [6.45, 7) is 16.2. The smallest absolute Gasteiger partial charge is 0.503 e. The zero-order chi connectivity index (χ0) is 29.2. The van der Waals surface area contributed by atoms with E-state index in [1.54, 1.807) is 0 Å². The first kappa shape index (κ1) is 30.2. The lowest BCUT2D eigenvalue weighted by molar-refractivity contribution is 0.283. The number of phenols is 1. The third-order valence-electron chi connectivity index (χ3n) is 6.43. The van der Waals surface area contributed by atoms with E-state index in [2.05, 4.69) is 0 Å². The van der Waals surface area contributed by atoms with Crippen molar-refractivity contribution in [3.8, 4) is 23.0 Å². The first-order valence-corrected chi connectivity index (χ1v) is 15.3. The first-order chi connectivity index (χ1) is 17.8. The van der Waals surface area contributed by atoms with Gasteiger partial charge in [-0.05, 0) is 35.8 Å². The molecule has 1 heterocycles. The van der Waals surface area contributed by atoms with E-state index in [0.29, 0.717) is 17.9 Å². The van der Waals surface area contributed by atoms with E-state index in [1.165, 1.54) is 0 Å².